The Balaban J connectivity index is 1.84. The molecule has 3 rings (SSSR count). The van der Waals surface area contributed by atoms with Crippen LogP contribution in [0.5, 0.6) is 11.5 Å². The fraction of sp³-hybridized carbons (Fsp3) is 0.263. The van der Waals surface area contributed by atoms with Crippen LogP contribution in [-0.4, -0.2) is 43.9 Å². The van der Waals surface area contributed by atoms with Gasteiger partial charge in [-0.05, 0) is 17.7 Å². The van der Waals surface area contributed by atoms with Gasteiger partial charge in [0.15, 0.2) is 17.7 Å². The summed E-state index contributed by atoms with van der Waals surface area (Å²) in [6, 6.07) is 13.4. The first-order chi connectivity index (χ1) is 11.2. The van der Waals surface area contributed by atoms with Crippen LogP contribution in [-0.2, 0) is 6.42 Å². The summed E-state index contributed by atoms with van der Waals surface area (Å²) in [5, 5.41) is 0. The molecule has 4 nitrogen and oxygen atoms in total. The third kappa shape index (κ3) is 3.26. The maximum absolute atomic E-state index is 12.3. The SMILES string of the molecule is COc1cc2c(cc1OC)CC[N+](CC(=O)c1ccccc1)=C2. The minimum Gasteiger partial charge on any atom is -0.493 e. The molecule has 4 heteroatoms. The lowest BCUT2D eigenvalue weighted by Gasteiger charge is -2.15. The number of rotatable bonds is 5. The molecule has 0 saturated carbocycles. The highest BCUT2D eigenvalue weighted by Crippen LogP contribution is 2.31. The maximum Gasteiger partial charge on any atom is 0.227 e. The monoisotopic (exact) mass is 310 g/mol. The molecular weight excluding hydrogens is 290 g/mol. The van der Waals surface area contributed by atoms with Crippen LogP contribution >= 0.6 is 0 Å². The van der Waals surface area contributed by atoms with E-state index in [4.69, 9.17) is 9.47 Å². The van der Waals surface area contributed by atoms with Crippen molar-refractivity contribution in [3.05, 3.63) is 59.2 Å². The molecule has 23 heavy (non-hydrogen) atoms. The predicted octanol–water partition coefficient (Wildman–Crippen LogP) is 2.57. The number of carbonyl (C=O) groups is 1. The first-order valence-corrected chi connectivity index (χ1v) is 7.63. The van der Waals surface area contributed by atoms with Gasteiger partial charge in [-0.1, -0.05) is 30.3 Å². The Kier molecular flexibility index (Phi) is 4.42. The van der Waals surface area contributed by atoms with Crippen LogP contribution in [0.2, 0.25) is 0 Å². The van der Waals surface area contributed by atoms with Crippen LogP contribution in [0, 0.1) is 0 Å². The standard InChI is InChI=1S/C19H20NO3/c1-22-18-10-15-8-9-20(12-16(15)11-19(18)23-2)13-17(21)14-6-4-3-5-7-14/h3-7,10-12H,8-9,13H2,1-2H3/q+1. The summed E-state index contributed by atoms with van der Waals surface area (Å²) in [6.07, 6.45) is 2.91. The van der Waals surface area contributed by atoms with Gasteiger partial charge in [0.05, 0.1) is 14.2 Å². The van der Waals surface area contributed by atoms with Gasteiger partial charge in [0, 0.05) is 17.5 Å². The highest BCUT2D eigenvalue weighted by Gasteiger charge is 2.21. The molecule has 1 aliphatic rings. The number of fused-ring (bicyclic) bond motifs is 1. The van der Waals surface area contributed by atoms with E-state index in [0.717, 1.165) is 29.8 Å². The molecule has 2 aromatic carbocycles. The number of ether oxygens (including phenoxy) is 2. The van der Waals surface area contributed by atoms with Gasteiger partial charge in [0.1, 0.15) is 6.54 Å². The van der Waals surface area contributed by atoms with Crippen LogP contribution in [0.25, 0.3) is 0 Å². The lowest BCUT2D eigenvalue weighted by Crippen LogP contribution is -2.28. The number of carbonyl (C=O) groups excluding carboxylic acids is 1. The molecule has 0 unspecified atom stereocenters. The van der Waals surface area contributed by atoms with Crippen LogP contribution in [0.15, 0.2) is 42.5 Å². The second-order valence-electron chi connectivity index (χ2n) is 5.54. The van der Waals surface area contributed by atoms with Crippen LogP contribution < -0.4 is 9.47 Å². The quantitative estimate of drug-likeness (QED) is 0.629. The second-order valence-corrected chi connectivity index (χ2v) is 5.54. The summed E-state index contributed by atoms with van der Waals surface area (Å²) >= 11 is 0. The molecule has 0 saturated heterocycles. The molecular formula is C19H20NO3+. The summed E-state index contributed by atoms with van der Waals surface area (Å²) in [4.78, 5) is 12.3. The Morgan fingerprint density at radius 1 is 1.09 bits per heavy atom. The summed E-state index contributed by atoms with van der Waals surface area (Å²) in [5.41, 5.74) is 3.04. The van der Waals surface area contributed by atoms with Gasteiger partial charge >= 0.3 is 0 Å². The van der Waals surface area contributed by atoms with E-state index in [-0.39, 0.29) is 5.78 Å². The van der Waals surface area contributed by atoms with Crippen molar-refractivity contribution < 1.29 is 18.8 Å². The van der Waals surface area contributed by atoms with Crippen molar-refractivity contribution in [2.45, 2.75) is 6.42 Å². The second kappa shape index (κ2) is 6.65. The number of benzene rings is 2. The zero-order valence-corrected chi connectivity index (χ0v) is 13.4. The highest BCUT2D eigenvalue weighted by molar-refractivity contribution is 5.97. The summed E-state index contributed by atoms with van der Waals surface area (Å²) in [6.45, 7) is 1.21. The van der Waals surface area contributed by atoms with Crippen LogP contribution in [0.4, 0.5) is 0 Å². The van der Waals surface area contributed by atoms with E-state index < -0.39 is 0 Å². The molecule has 0 radical (unpaired) electrons. The highest BCUT2D eigenvalue weighted by atomic mass is 16.5. The number of nitrogens with zero attached hydrogens (tertiary/aromatic N) is 1. The van der Waals surface area contributed by atoms with Gasteiger partial charge in [-0.15, -0.1) is 0 Å². The molecule has 118 valence electrons. The van der Waals surface area contributed by atoms with E-state index in [1.165, 1.54) is 5.56 Å². The van der Waals surface area contributed by atoms with Gasteiger partial charge in [-0.25, -0.2) is 4.58 Å². The Morgan fingerprint density at radius 3 is 2.48 bits per heavy atom. The molecule has 0 spiro atoms. The Morgan fingerprint density at radius 2 is 1.78 bits per heavy atom. The number of Topliss-reactive ketones (excluding diaryl/α,β-unsaturated/α-hetero) is 1. The van der Waals surface area contributed by atoms with Gasteiger partial charge in [-0.3, -0.25) is 4.79 Å². The van der Waals surface area contributed by atoms with E-state index >= 15 is 0 Å². The predicted molar refractivity (Wildman–Crippen MR) is 89.2 cm³/mol. The Bertz CT molecular complexity index is 751. The number of methoxy groups -OCH3 is 2. The van der Waals surface area contributed by atoms with Crippen molar-refractivity contribution >= 4 is 12.0 Å². The van der Waals surface area contributed by atoms with Crippen molar-refractivity contribution in [2.24, 2.45) is 0 Å². The first-order valence-electron chi connectivity index (χ1n) is 7.63. The third-order valence-electron chi connectivity index (χ3n) is 4.08. The lowest BCUT2D eigenvalue weighted by molar-refractivity contribution is -0.510. The molecule has 1 heterocycles. The average Bonchev–Trinajstić information content (AvgIpc) is 2.61. The van der Waals surface area contributed by atoms with E-state index in [1.807, 2.05) is 48.7 Å². The molecule has 0 amide bonds. The van der Waals surface area contributed by atoms with E-state index in [2.05, 4.69) is 4.58 Å². The van der Waals surface area contributed by atoms with E-state index in [0.29, 0.717) is 12.3 Å². The number of hydrogen-bond donors (Lipinski definition) is 0. The van der Waals surface area contributed by atoms with Gasteiger partial charge < -0.3 is 9.47 Å². The van der Waals surface area contributed by atoms with Crippen molar-refractivity contribution in [1.82, 2.24) is 0 Å². The van der Waals surface area contributed by atoms with Crippen molar-refractivity contribution in [1.29, 1.82) is 0 Å². The maximum atomic E-state index is 12.3. The van der Waals surface area contributed by atoms with Crippen molar-refractivity contribution in [2.75, 3.05) is 27.3 Å². The largest absolute Gasteiger partial charge is 0.493 e. The first kappa shape index (κ1) is 15.3. The molecule has 0 bridgehead atoms. The third-order valence-corrected chi connectivity index (χ3v) is 4.08. The summed E-state index contributed by atoms with van der Waals surface area (Å²) in [7, 11) is 3.27. The van der Waals surface area contributed by atoms with E-state index in [1.54, 1.807) is 14.2 Å². The van der Waals surface area contributed by atoms with Crippen molar-refractivity contribution in [3.63, 3.8) is 0 Å². The lowest BCUT2D eigenvalue weighted by atomic mass is 10.0. The summed E-state index contributed by atoms with van der Waals surface area (Å²) < 4.78 is 12.8. The van der Waals surface area contributed by atoms with E-state index in [9.17, 15) is 4.79 Å². The van der Waals surface area contributed by atoms with Gasteiger partial charge in [-0.2, -0.15) is 0 Å². The molecule has 0 aromatic heterocycles. The average molecular weight is 310 g/mol. The smallest absolute Gasteiger partial charge is 0.227 e. The van der Waals surface area contributed by atoms with Crippen molar-refractivity contribution in [3.8, 4) is 11.5 Å². The minimum atomic E-state index is 0.130. The Hall–Kier alpha value is -2.62. The Labute approximate surface area is 136 Å². The molecule has 0 fully saturated rings. The molecule has 1 aliphatic heterocycles. The van der Waals surface area contributed by atoms with Gasteiger partial charge in [0.2, 0.25) is 12.3 Å². The minimum absolute atomic E-state index is 0.130. The summed E-state index contributed by atoms with van der Waals surface area (Å²) in [5.74, 6) is 1.58. The van der Waals surface area contributed by atoms with Crippen LogP contribution in [0.3, 0.4) is 0 Å². The topological polar surface area (TPSA) is 38.5 Å². The number of hydrogen-bond acceptors (Lipinski definition) is 3. The molecule has 0 atom stereocenters. The number of ketones is 1. The van der Waals surface area contributed by atoms with Crippen LogP contribution in [0.1, 0.15) is 21.5 Å². The fourth-order valence-electron chi connectivity index (χ4n) is 2.82. The zero-order valence-electron chi connectivity index (χ0n) is 13.4. The fourth-order valence-corrected chi connectivity index (χ4v) is 2.82. The zero-order chi connectivity index (χ0) is 16.2. The molecule has 0 N–H and O–H groups in total. The molecule has 0 aliphatic carbocycles. The van der Waals surface area contributed by atoms with Gasteiger partial charge in [0.25, 0.3) is 0 Å². The molecule has 2 aromatic rings. The normalized spacial score (nSPS) is 13.0.